The van der Waals surface area contributed by atoms with E-state index in [-0.39, 0.29) is 0 Å². The molecule has 1 aromatic rings. The maximum Gasteiger partial charge on any atom is 0.0934 e. The maximum absolute atomic E-state index is 9.38. The molecule has 66 valence electrons. The quantitative estimate of drug-likeness (QED) is 0.846. The fourth-order valence-corrected chi connectivity index (χ4v) is 1.80. The van der Waals surface area contributed by atoms with Crippen LogP contribution in [0.1, 0.15) is 31.2 Å². The van der Waals surface area contributed by atoms with E-state index in [2.05, 4.69) is 20.9 Å². The first-order valence-corrected chi connectivity index (χ1v) is 4.77. The molecule has 0 fully saturated rings. The molecule has 0 radical (unpaired) electrons. The molecule has 1 aromatic heterocycles. The Morgan fingerprint density at radius 2 is 2.33 bits per heavy atom. The Hall–Kier alpha value is -0.410. The molecule has 1 unspecified atom stereocenters. The summed E-state index contributed by atoms with van der Waals surface area (Å²) in [5.41, 5.74) is 1.86. The van der Waals surface area contributed by atoms with Gasteiger partial charge in [-0.05, 0) is 25.0 Å². The molecule has 0 amide bonds. The SMILES string of the molecule is CCc1c(Br)ccnc1C(C)O. The van der Waals surface area contributed by atoms with Gasteiger partial charge in [0.05, 0.1) is 11.8 Å². The Kier molecular flexibility index (Phi) is 3.23. The molecule has 1 atom stereocenters. The summed E-state index contributed by atoms with van der Waals surface area (Å²) in [5.74, 6) is 0. The predicted molar refractivity (Wildman–Crippen MR) is 51.9 cm³/mol. The number of aliphatic hydroxyl groups excluding tert-OH is 1. The summed E-state index contributed by atoms with van der Waals surface area (Å²) < 4.78 is 1.02. The molecule has 1 heterocycles. The van der Waals surface area contributed by atoms with Crippen molar-refractivity contribution in [3.8, 4) is 0 Å². The van der Waals surface area contributed by atoms with E-state index in [4.69, 9.17) is 0 Å². The minimum Gasteiger partial charge on any atom is -0.387 e. The van der Waals surface area contributed by atoms with Crippen molar-refractivity contribution in [2.75, 3.05) is 0 Å². The number of hydrogen-bond donors (Lipinski definition) is 1. The van der Waals surface area contributed by atoms with Crippen LogP contribution in [-0.2, 0) is 6.42 Å². The van der Waals surface area contributed by atoms with Gasteiger partial charge in [0.2, 0.25) is 0 Å². The minimum absolute atomic E-state index is 0.488. The third kappa shape index (κ3) is 1.84. The van der Waals surface area contributed by atoms with E-state index < -0.39 is 6.10 Å². The minimum atomic E-state index is -0.488. The first-order chi connectivity index (χ1) is 5.66. The molecule has 2 nitrogen and oxygen atoms in total. The number of halogens is 1. The maximum atomic E-state index is 9.38. The zero-order chi connectivity index (χ0) is 9.14. The lowest BCUT2D eigenvalue weighted by atomic mass is 10.1. The van der Waals surface area contributed by atoms with E-state index >= 15 is 0 Å². The van der Waals surface area contributed by atoms with Crippen molar-refractivity contribution in [3.05, 3.63) is 28.0 Å². The number of rotatable bonds is 2. The van der Waals surface area contributed by atoms with E-state index in [0.29, 0.717) is 0 Å². The molecular weight excluding hydrogens is 218 g/mol. The summed E-state index contributed by atoms with van der Waals surface area (Å²) in [4.78, 5) is 4.13. The third-order valence-corrected chi connectivity index (χ3v) is 2.52. The standard InChI is InChI=1S/C9H12BrNO/c1-3-7-8(10)4-5-11-9(7)6(2)12/h4-6,12H,3H2,1-2H3. The monoisotopic (exact) mass is 229 g/mol. The molecule has 0 spiro atoms. The molecule has 1 N–H and O–H groups in total. The second-order valence-corrected chi connectivity index (χ2v) is 3.54. The van der Waals surface area contributed by atoms with Crippen molar-refractivity contribution in [1.29, 1.82) is 0 Å². The molecule has 0 saturated heterocycles. The second kappa shape index (κ2) is 4.01. The van der Waals surface area contributed by atoms with Gasteiger partial charge in [-0.2, -0.15) is 0 Å². The van der Waals surface area contributed by atoms with Crippen molar-refractivity contribution < 1.29 is 5.11 Å². The Bertz CT molecular complexity index is 273. The molecule has 0 aromatic carbocycles. The first-order valence-electron chi connectivity index (χ1n) is 3.98. The summed E-state index contributed by atoms with van der Waals surface area (Å²) in [6.07, 6.45) is 2.09. The highest BCUT2D eigenvalue weighted by atomic mass is 79.9. The Balaban J connectivity index is 3.18. The van der Waals surface area contributed by atoms with Gasteiger partial charge in [-0.3, -0.25) is 4.98 Å². The highest BCUT2D eigenvalue weighted by Crippen LogP contribution is 2.23. The number of hydrogen-bond acceptors (Lipinski definition) is 2. The molecule has 0 saturated carbocycles. The molecule has 3 heteroatoms. The summed E-state index contributed by atoms with van der Waals surface area (Å²) >= 11 is 3.42. The molecule has 1 rings (SSSR count). The Morgan fingerprint density at radius 3 is 2.75 bits per heavy atom. The van der Waals surface area contributed by atoms with Crippen molar-refractivity contribution in [2.45, 2.75) is 26.4 Å². The number of aromatic nitrogens is 1. The highest BCUT2D eigenvalue weighted by Gasteiger charge is 2.10. The van der Waals surface area contributed by atoms with Gasteiger partial charge in [0.25, 0.3) is 0 Å². The second-order valence-electron chi connectivity index (χ2n) is 2.69. The lowest BCUT2D eigenvalue weighted by Gasteiger charge is -2.10. The summed E-state index contributed by atoms with van der Waals surface area (Å²) in [6, 6.07) is 1.89. The van der Waals surface area contributed by atoms with E-state index in [9.17, 15) is 5.11 Å². The largest absolute Gasteiger partial charge is 0.387 e. The smallest absolute Gasteiger partial charge is 0.0934 e. The van der Waals surface area contributed by atoms with Gasteiger partial charge in [-0.1, -0.05) is 22.9 Å². The summed E-state index contributed by atoms with van der Waals surface area (Å²) in [6.45, 7) is 3.78. The molecule has 12 heavy (non-hydrogen) atoms. The van der Waals surface area contributed by atoms with Crippen molar-refractivity contribution in [1.82, 2.24) is 4.98 Å². The van der Waals surface area contributed by atoms with Crippen LogP contribution >= 0.6 is 15.9 Å². The summed E-state index contributed by atoms with van der Waals surface area (Å²) in [7, 11) is 0. The fourth-order valence-electron chi connectivity index (χ4n) is 1.19. The van der Waals surface area contributed by atoms with E-state index in [1.165, 1.54) is 0 Å². The molecule has 0 aliphatic carbocycles. The van der Waals surface area contributed by atoms with Crippen LogP contribution < -0.4 is 0 Å². The van der Waals surface area contributed by atoms with Crippen molar-refractivity contribution in [2.24, 2.45) is 0 Å². The van der Waals surface area contributed by atoms with Gasteiger partial charge in [-0.15, -0.1) is 0 Å². The zero-order valence-corrected chi connectivity index (χ0v) is 8.80. The molecule has 0 aliphatic heterocycles. The average Bonchev–Trinajstić information content (AvgIpc) is 2.03. The van der Waals surface area contributed by atoms with Crippen LogP contribution in [0.2, 0.25) is 0 Å². The van der Waals surface area contributed by atoms with Gasteiger partial charge in [0.1, 0.15) is 0 Å². The van der Waals surface area contributed by atoms with Crippen LogP contribution in [0, 0.1) is 0 Å². The van der Waals surface area contributed by atoms with Crippen LogP contribution in [0.15, 0.2) is 16.7 Å². The zero-order valence-electron chi connectivity index (χ0n) is 7.21. The third-order valence-electron chi connectivity index (χ3n) is 1.78. The molecule has 0 bridgehead atoms. The lowest BCUT2D eigenvalue weighted by molar-refractivity contribution is 0.193. The van der Waals surface area contributed by atoms with Gasteiger partial charge in [-0.25, -0.2) is 0 Å². The Labute approximate surface area is 80.8 Å². The predicted octanol–water partition coefficient (Wildman–Crippen LogP) is 2.46. The number of nitrogens with zero attached hydrogens (tertiary/aromatic N) is 1. The first kappa shape index (κ1) is 9.68. The van der Waals surface area contributed by atoms with Crippen LogP contribution in [-0.4, -0.2) is 10.1 Å². The van der Waals surface area contributed by atoms with Crippen LogP contribution in [0.3, 0.4) is 0 Å². The lowest BCUT2D eigenvalue weighted by Crippen LogP contribution is -2.01. The van der Waals surface area contributed by atoms with Gasteiger partial charge in [0, 0.05) is 10.7 Å². The molecular formula is C9H12BrNO. The average molecular weight is 230 g/mol. The Morgan fingerprint density at radius 1 is 1.67 bits per heavy atom. The number of aliphatic hydroxyl groups is 1. The van der Waals surface area contributed by atoms with Crippen LogP contribution in [0.25, 0.3) is 0 Å². The van der Waals surface area contributed by atoms with Crippen molar-refractivity contribution in [3.63, 3.8) is 0 Å². The van der Waals surface area contributed by atoms with Crippen LogP contribution in [0.5, 0.6) is 0 Å². The van der Waals surface area contributed by atoms with Crippen molar-refractivity contribution >= 4 is 15.9 Å². The van der Waals surface area contributed by atoms with Crippen LogP contribution in [0.4, 0.5) is 0 Å². The molecule has 0 aliphatic rings. The van der Waals surface area contributed by atoms with E-state index in [1.807, 2.05) is 13.0 Å². The highest BCUT2D eigenvalue weighted by molar-refractivity contribution is 9.10. The van der Waals surface area contributed by atoms with E-state index in [1.54, 1.807) is 13.1 Å². The topological polar surface area (TPSA) is 33.1 Å². The van der Waals surface area contributed by atoms with Gasteiger partial charge >= 0.3 is 0 Å². The van der Waals surface area contributed by atoms with Gasteiger partial charge < -0.3 is 5.11 Å². The van der Waals surface area contributed by atoms with E-state index in [0.717, 1.165) is 22.2 Å². The van der Waals surface area contributed by atoms with Gasteiger partial charge in [0.15, 0.2) is 0 Å². The fraction of sp³-hybridized carbons (Fsp3) is 0.444. The normalized spacial score (nSPS) is 13.0. The number of pyridine rings is 1. The summed E-state index contributed by atoms with van der Waals surface area (Å²) in [5, 5.41) is 9.38.